The summed E-state index contributed by atoms with van der Waals surface area (Å²) in [6.45, 7) is 0. The SMILES string of the molecule is COc1ccc(Cl)cc1NC(=O)C1(C(=O)Nc2ccc(N(C)C)cc2)CC1. The zero-order valence-corrected chi connectivity index (χ0v) is 16.3. The fraction of sp³-hybridized carbons (Fsp3) is 0.300. The summed E-state index contributed by atoms with van der Waals surface area (Å²) < 4.78 is 5.24. The van der Waals surface area contributed by atoms with Crippen LogP contribution in [0.4, 0.5) is 17.1 Å². The van der Waals surface area contributed by atoms with Crippen molar-refractivity contribution in [3.05, 3.63) is 47.5 Å². The van der Waals surface area contributed by atoms with Crippen LogP contribution in [0.25, 0.3) is 0 Å². The molecule has 0 aromatic heterocycles. The normalized spacial score (nSPS) is 14.2. The molecule has 2 aromatic carbocycles. The summed E-state index contributed by atoms with van der Waals surface area (Å²) in [6, 6.07) is 12.4. The van der Waals surface area contributed by atoms with Gasteiger partial charge < -0.3 is 20.3 Å². The Kier molecular flexibility index (Phi) is 5.28. The van der Waals surface area contributed by atoms with E-state index in [9.17, 15) is 9.59 Å². The minimum absolute atomic E-state index is 0.307. The van der Waals surface area contributed by atoms with Crippen molar-refractivity contribution in [1.29, 1.82) is 0 Å². The van der Waals surface area contributed by atoms with Crippen molar-refractivity contribution in [2.45, 2.75) is 12.8 Å². The summed E-state index contributed by atoms with van der Waals surface area (Å²) in [4.78, 5) is 27.5. The highest BCUT2D eigenvalue weighted by atomic mass is 35.5. The van der Waals surface area contributed by atoms with E-state index < -0.39 is 5.41 Å². The van der Waals surface area contributed by atoms with E-state index in [1.54, 1.807) is 18.2 Å². The van der Waals surface area contributed by atoms with Crippen molar-refractivity contribution in [3.63, 3.8) is 0 Å². The molecule has 1 saturated carbocycles. The van der Waals surface area contributed by atoms with E-state index in [0.29, 0.717) is 35.0 Å². The number of ether oxygens (including phenoxy) is 1. The van der Waals surface area contributed by atoms with Crippen molar-refractivity contribution in [3.8, 4) is 5.75 Å². The fourth-order valence-corrected chi connectivity index (χ4v) is 2.97. The maximum atomic E-state index is 12.8. The van der Waals surface area contributed by atoms with E-state index in [4.69, 9.17) is 16.3 Å². The number of nitrogens with zero attached hydrogens (tertiary/aromatic N) is 1. The molecule has 0 aliphatic heterocycles. The fourth-order valence-electron chi connectivity index (χ4n) is 2.80. The summed E-state index contributed by atoms with van der Waals surface area (Å²) in [6.07, 6.45) is 1.01. The number of amides is 2. The number of carbonyl (C=O) groups is 2. The van der Waals surface area contributed by atoms with Crippen LogP contribution in [0.1, 0.15) is 12.8 Å². The minimum Gasteiger partial charge on any atom is -0.495 e. The lowest BCUT2D eigenvalue weighted by Crippen LogP contribution is -2.35. The number of anilines is 3. The molecule has 2 amide bonds. The van der Waals surface area contributed by atoms with Crippen LogP contribution in [0.3, 0.4) is 0 Å². The molecule has 2 N–H and O–H groups in total. The van der Waals surface area contributed by atoms with Gasteiger partial charge in [0.25, 0.3) is 0 Å². The number of hydrogen-bond donors (Lipinski definition) is 2. The van der Waals surface area contributed by atoms with Crippen molar-refractivity contribution >= 4 is 40.5 Å². The van der Waals surface area contributed by atoms with Crippen LogP contribution in [0.5, 0.6) is 5.75 Å². The maximum Gasteiger partial charge on any atom is 0.240 e. The average molecular weight is 388 g/mol. The van der Waals surface area contributed by atoms with Crippen LogP contribution in [-0.4, -0.2) is 33.0 Å². The summed E-state index contributed by atoms with van der Waals surface area (Å²) in [5, 5.41) is 6.10. The molecule has 0 heterocycles. The van der Waals surface area contributed by atoms with E-state index in [1.165, 1.54) is 7.11 Å². The van der Waals surface area contributed by atoms with Gasteiger partial charge in [0, 0.05) is 30.5 Å². The Hall–Kier alpha value is -2.73. The molecule has 0 radical (unpaired) electrons. The third-order valence-electron chi connectivity index (χ3n) is 4.67. The number of benzene rings is 2. The van der Waals surface area contributed by atoms with Crippen LogP contribution < -0.4 is 20.3 Å². The lowest BCUT2D eigenvalue weighted by Gasteiger charge is -2.18. The van der Waals surface area contributed by atoms with Crippen molar-refractivity contribution in [2.75, 3.05) is 36.7 Å². The molecular weight excluding hydrogens is 366 g/mol. The monoisotopic (exact) mass is 387 g/mol. The quantitative estimate of drug-likeness (QED) is 0.740. The van der Waals surface area contributed by atoms with Gasteiger partial charge in [-0.1, -0.05) is 11.6 Å². The predicted molar refractivity (Wildman–Crippen MR) is 108 cm³/mol. The Morgan fingerprint density at radius 2 is 1.67 bits per heavy atom. The second-order valence-corrected chi connectivity index (χ2v) is 7.21. The molecule has 142 valence electrons. The Balaban J connectivity index is 1.71. The Morgan fingerprint density at radius 3 is 2.22 bits per heavy atom. The molecule has 0 saturated heterocycles. The predicted octanol–water partition coefficient (Wildman–Crippen LogP) is 3.77. The van der Waals surface area contributed by atoms with Crippen LogP contribution in [0, 0.1) is 5.41 Å². The third-order valence-corrected chi connectivity index (χ3v) is 4.91. The van der Waals surface area contributed by atoms with Gasteiger partial charge in [-0.3, -0.25) is 9.59 Å². The number of rotatable bonds is 6. The molecule has 1 fully saturated rings. The number of halogens is 1. The van der Waals surface area contributed by atoms with E-state index in [2.05, 4.69) is 10.6 Å². The summed E-state index contributed by atoms with van der Waals surface area (Å²) in [5.41, 5.74) is 1.07. The average Bonchev–Trinajstić information content (AvgIpc) is 3.44. The molecule has 27 heavy (non-hydrogen) atoms. The Morgan fingerprint density at radius 1 is 1.04 bits per heavy atom. The summed E-state index contributed by atoms with van der Waals surface area (Å²) in [7, 11) is 5.40. The lowest BCUT2D eigenvalue weighted by atomic mass is 10.0. The zero-order valence-electron chi connectivity index (χ0n) is 15.5. The van der Waals surface area contributed by atoms with Crippen LogP contribution >= 0.6 is 11.6 Å². The van der Waals surface area contributed by atoms with E-state index in [-0.39, 0.29) is 11.8 Å². The summed E-state index contributed by atoms with van der Waals surface area (Å²) in [5.74, 6) is -0.174. The highest BCUT2D eigenvalue weighted by molar-refractivity contribution is 6.31. The van der Waals surface area contributed by atoms with Gasteiger partial charge in [0.15, 0.2) is 0 Å². The third kappa shape index (κ3) is 4.01. The maximum absolute atomic E-state index is 12.8. The van der Waals surface area contributed by atoms with Gasteiger partial charge in [0.1, 0.15) is 11.2 Å². The minimum atomic E-state index is -1.06. The van der Waals surface area contributed by atoms with Crippen molar-refractivity contribution < 1.29 is 14.3 Å². The first-order valence-electron chi connectivity index (χ1n) is 8.59. The largest absolute Gasteiger partial charge is 0.495 e. The number of hydrogen-bond acceptors (Lipinski definition) is 4. The highest BCUT2D eigenvalue weighted by Gasteiger charge is 2.56. The van der Waals surface area contributed by atoms with Crippen molar-refractivity contribution in [2.24, 2.45) is 5.41 Å². The summed E-state index contributed by atoms with van der Waals surface area (Å²) >= 11 is 6.00. The van der Waals surface area contributed by atoms with Gasteiger partial charge in [-0.05, 0) is 55.3 Å². The molecule has 6 nitrogen and oxygen atoms in total. The van der Waals surface area contributed by atoms with Crippen LogP contribution in [0.15, 0.2) is 42.5 Å². The molecule has 1 aliphatic carbocycles. The smallest absolute Gasteiger partial charge is 0.240 e. The topological polar surface area (TPSA) is 70.7 Å². The first kappa shape index (κ1) is 19.0. The van der Waals surface area contributed by atoms with E-state index in [0.717, 1.165) is 5.69 Å². The standard InChI is InChI=1S/C20H22ClN3O3/c1-24(2)15-7-5-14(6-8-15)22-18(25)20(10-11-20)19(26)23-16-12-13(21)4-9-17(16)27-3/h4-9,12H,10-11H2,1-3H3,(H,22,25)(H,23,26). The molecule has 7 heteroatoms. The molecule has 0 unspecified atom stereocenters. The van der Waals surface area contributed by atoms with Crippen molar-refractivity contribution in [1.82, 2.24) is 0 Å². The lowest BCUT2D eigenvalue weighted by molar-refractivity contribution is -0.131. The molecule has 0 atom stereocenters. The molecular formula is C20H22ClN3O3. The molecule has 0 bridgehead atoms. The second kappa shape index (κ2) is 7.48. The molecule has 2 aromatic rings. The van der Waals surface area contributed by atoms with Crippen LogP contribution in [0.2, 0.25) is 5.02 Å². The van der Waals surface area contributed by atoms with Crippen LogP contribution in [-0.2, 0) is 9.59 Å². The Labute approximate surface area is 163 Å². The molecule has 0 spiro atoms. The van der Waals surface area contributed by atoms with E-state index >= 15 is 0 Å². The van der Waals surface area contributed by atoms with E-state index in [1.807, 2.05) is 43.3 Å². The first-order valence-corrected chi connectivity index (χ1v) is 8.97. The second-order valence-electron chi connectivity index (χ2n) is 6.78. The van der Waals surface area contributed by atoms with Gasteiger partial charge >= 0.3 is 0 Å². The zero-order chi connectivity index (χ0) is 19.6. The Bertz CT molecular complexity index is 861. The van der Waals surface area contributed by atoms with Gasteiger partial charge in [0.05, 0.1) is 12.8 Å². The molecule has 1 aliphatic rings. The van der Waals surface area contributed by atoms with Gasteiger partial charge in [-0.25, -0.2) is 0 Å². The first-order chi connectivity index (χ1) is 12.9. The number of nitrogens with one attached hydrogen (secondary N) is 2. The number of methoxy groups -OCH3 is 1. The van der Waals surface area contributed by atoms with Gasteiger partial charge in [-0.2, -0.15) is 0 Å². The van der Waals surface area contributed by atoms with Gasteiger partial charge in [0.2, 0.25) is 11.8 Å². The van der Waals surface area contributed by atoms with Gasteiger partial charge in [-0.15, -0.1) is 0 Å². The number of carbonyl (C=O) groups excluding carboxylic acids is 2. The highest BCUT2D eigenvalue weighted by Crippen LogP contribution is 2.48. The molecule has 3 rings (SSSR count).